The molecule has 0 bridgehead atoms. The maximum atomic E-state index is 14.6. The third-order valence-electron chi connectivity index (χ3n) is 6.85. The second-order valence-electron chi connectivity index (χ2n) is 10.1. The zero-order chi connectivity index (χ0) is 26.8. The number of ether oxygens (including phenoxy) is 2. The lowest BCUT2D eigenvalue weighted by molar-refractivity contribution is -0.546. The van der Waals surface area contributed by atoms with Crippen molar-refractivity contribution in [3.63, 3.8) is 0 Å². The molecule has 0 atom stereocenters. The number of unbranched alkanes of at least 4 members (excludes halogenated alkanes) is 1. The molecule has 1 heterocycles. The zero-order valence-corrected chi connectivity index (χ0v) is 23.1. The summed E-state index contributed by atoms with van der Waals surface area (Å²) in [6.45, 7) is 10.3. The Morgan fingerprint density at radius 1 is 1.05 bits per heavy atom. The van der Waals surface area contributed by atoms with Gasteiger partial charge in [-0.3, -0.25) is 0 Å². The van der Waals surface area contributed by atoms with Gasteiger partial charge in [-0.25, -0.2) is 13.4 Å². The van der Waals surface area contributed by atoms with Crippen LogP contribution in [0.2, 0.25) is 0 Å². The van der Waals surface area contributed by atoms with Crippen LogP contribution in [0.5, 0.6) is 11.5 Å². The Bertz CT molecular complexity index is 1160. The highest BCUT2D eigenvalue weighted by molar-refractivity contribution is 5.99. The van der Waals surface area contributed by atoms with E-state index in [-0.39, 0.29) is 5.82 Å². The van der Waals surface area contributed by atoms with Gasteiger partial charge >= 0.3 is 0 Å². The summed E-state index contributed by atoms with van der Waals surface area (Å²) in [5, 5.41) is 0. The monoisotopic (exact) mass is 510 g/mol. The molecule has 0 saturated heterocycles. The number of rotatable bonds is 13. The minimum absolute atomic E-state index is 0.333. The average Bonchev–Trinajstić information content (AvgIpc) is 2.87. The standard InChI is InChI=1S/C32H42F2NO2/c1-6-7-20-37-32-28-18-19-35(22-25-21-26(33)14-16-29(25)34)30(27(28)15-17-31(32)36-5)13-9-12-24(4)11-8-10-23(2)3/h10,12,14-17,21H,6-9,11,13,18-20,22H2,1-5H3/q+1. The van der Waals surface area contributed by atoms with E-state index in [0.29, 0.717) is 25.3 Å². The van der Waals surface area contributed by atoms with Gasteiger partial charge in [0.2, 0.25) is 0 Å². The van der Waals surface area contributed by atoms with Crippen molar-refractivity contribution in [1.82, 2.24) is 0 Å². The Hall–Kier alpha value is -2.95. The molecule has 0 unspecified atom stereocenters. The number of allylic oxidation sites excluding steroid dienone is 4. The average molecular weight is 511 g/mol. The summed E-state index contributed by atoms with van der Waals surface area (Å²) < 4.78 is 42.6. The van der Waals surface area contributed by atoms with Crippen LogP contribution in [0, 0.1) is 11.6 Å². The van der Waals surface area contributed by atoms with Crippen LogP contribution in [-0.4, -0.2) is 30.5 Å². The van der Waals surface area contributed by atoms with Crippen molar-refractivity contribution in [3.8, 4) is 11.5 Å². The molecule has 200 valence electrons. The highest BCUT2D eigenvalue weighted by Gasteiger charge is 2.30. The first-order valence-corrected chi connectivity index (χ1v) is 13.5. The van der Waals surface area contributed by atoms with E-state index >= 15 is 0 Å². The molecule has 3 rings (SSSR count). The second kappa shape index (κ2) is 14.1. The summed E-state index contributed by atoms with van der Waals surface area (Å²) in [6, 6.07) is 7.75. The topological polar surface area (TPSA) is 21.5 Å². The smallest absolute Gasteiger partial charge is 0.184 e. The number of fused-ring (bicyclic) bond motifs is 1. The molecular formula is C32H42F2NO2+. The number of hydrogen-bond acceptors (Lipinski definition) is 2. The Morgan fingerprint density at radius 3 is 2.59 bits per heavy atom. The zero-order valence-electron chi connectivity index (χ0n) is 23.1. The van der Waals surface area contributed by atoms with Crippen LogP contribution in [0.3, 0.4) is 0 Å². The molecular weight excluding hydrogens is 468 g/mol. The first kappa shape index (κ1) is 28.6. The lowest BCUT2D eigenvalue weighted by atomic mass is 9.92. The third-order valence-corrected chi connectivity index (χ3v) is 6.85. The summed E-state index contributed by atoms with van der Waals surface area (Å²) in [6.07, 6.45) is 11.2. The number of benzene rings is 2. The van der Waals surface area contributed by atoms with Crippen molar-refractivity contribution >= 4 is 5.71 Å². The minimum atomic E-state index is -0.415. The van der Waals surface area contributed by atoms with Crippen molar-refractivity contribution in [2.24, 2.45) is 0 Å². The van der Waals surface area contributed by atoms with Crippen molar-refractivity contribution in [2.75, 3.05) is 20.3 Å². The van der Waals surface area contributed by atoms with Crippen LogP contribution in [0.1, 0.15) is 82.9 Å². The van der Waals surface area contributed by atoms with Gasteiger partial charge in [0, 0.05) is 24.0 Å². The van der Waals surface area contributed by atoms with Crippen molar-refractivity contribution in [3.05, 3.63) is 82.0 Å². The predicted molar refractivity (Wildman–Crippen MR) is 148 cm³/mol. The molecule has 0 amide bonds. The van der Waals surface area contributed by atoms with Gasteiger partial charge in [-0.15, -0.1) is 0 Å². The first-order chi connectivity index (χ1) is 17.8. The molecule has 0 N–H and O–H groups in total. The second-order valence-corrected chi connectivity index (χ2v) is 10.1. The van der Waals surface area contributed by atoms with Gasteiger partial charge in [-0.2, -0.15) is 0 Å². The molecule has 1 aliphatic rings. The van der Waals surface area contributed by atoms with Gasteiger partial charge in [0.1, 0.15) is 18.2 Å². The fourth-order valence-corrected chi connectivity index (χ4v) is 4.80. The number of nitrogens with zero attached hydrogens (tertiary/aromatic N) is 1. The van der Waals surface area contributed by atoms with E-state index in [1.807, 2.05) is 6.07 Å². The van der Waals surface area contributed by atoms with E-state index in [0.717, 1.165) is 73.3 Å². The van der Waals surface area contributed by atoms with Crippen molar-refractivity contribution < 1.29 is 22.8 Å². The van der Waals surface area contributed by atoms with E-state index in [2.05, 4.69) is 50.5 Å². The fourth-order valence-electron chi connectivity index (χ4n) is 4.80. The van der Waals surface area contributed by atoms with E-state index in [1.165, 1.54) is 29.3 Å². The molecule has 2 aromatic rings. The molecule has 0 aromatic heterocycles. The van der Waals surface area contributed by atoms with Crippen LogP contribution in [-0.2, 0) is 13.0 Å². The maximum Gasteiger partial charge on any atom is 0.184 e. The van der Waals surface area contributed by atoms with E-state index in [9.17, 15) is 8.78 Å². The Morgan fingerprint density at radius 2 is 1.86 bits per heavy atom. The molecule has 0 spiro atoms. The van der Waals surface area contributed by atoms with Gasteiger partial charge in [0.05, 0.1) is 19.3 Å². The van der Waals surface area contributed by atoms with Gasteiger partial charge < -0.3 is 9.47 Å². The number of methoxy groups -OCH3 is 1. The molecule has 0 aliphatic carbocycles. The number of halogens is 2. The van der Waals surface area contributed by atoms with E-state index < -0.39 is 5.82 Å². The largest absolute Gasteiger partial charge is 0.493 e. The quantitative estimate of drug-likeness (QED) is 0.154. The van der Waals surface area contributed by atoms with Gasteiger partial charge in [-0.1, -0.05) is 36.6 Å². The highest BCUT2D eigenvalue weighted by Crippen LogP contribution is 2.37. The normalized spacial score (nSPS) is 13.4. The van der Waals surface area contributed by atoms with Crippen LogP contribution in [0.25, 0.3) is 0 Å². The van der Waals surface area contributed by atoms with E-state index in [1.54, 1.807) is 7.11 Å². The summed E-state index contributed by atoms with van der Waals surface area (Å²) in [4.78, 5) is 0. The SMILES string of the molecule is CCCCOc1c(OC)ccc2c1CC[N+](Cc1cc(F)ccc1F)=C2CCC=C(C)CCC=C(C)C. The Balaban J connectivity index is 1.96. The first-order valence-electron chi connectivity index (χ1n) is 13.5. The molecule has 0 radical (unpaired) electrons. The Labute approximate surface area is 221 Å². The van der Waals surface area contributed by atoms with Gasteiger partial charge in [-0.05, 0) is 76.8 Å². The summed E-state index contributed by atoms with van der Waals surface area (Å²) in [5.74, 6) is 0.770. The van der Waals surface area contributed by atoms with Crippen LogP contribution in [0.4, 0.5) is 8.78 Å². The molecule has 0 saturated carbocycles. The van der Waals surface area contributed by atoms with Crippen LogP contribution < -0.4 is 9.47 Å². The summed E-state index contributed by atoms with van der Waals surface area (Å²) in [5.41, 5.74) is 6.49. The number of hydrogen-bond donors (Lipinski definition) is 0. The van der Waals surface area contributed by atoms with E-state index in [4.69, 9.17) is 9.47 Å². The van der Waals surface area contributed by atoms with Crippen molar-refractivity contribution in [2.45, 2.75) is 79.2 Å². The lowest BCUT2D eigenvalue weighted by Gasteiger charge is -2.23. The summed E-state index contributed by atoms with van der Waals surface area (Å²) in [7, 11) is 1.67. The molecule has 3 nitrogen and oxygen atoms in total. The fraction of sp³-hybridized carbons (Fsp3) is 0.469. The predicted octanol–water partition coefficient (Wildman–Crippen LogP) is 8.18. The maximum absolute atomic E-state index is 14.6. The van der Waals surface area contributed by atoms with Gasteiger partial charge in [0.15, 0.2) is 23.8 Å². The molecule has 0 fully saturated rings. The highest BCUT2D eigenvalue weighted by atomic mass is 19.1. The lowest BCUT2D eigenvalue weighted by Crippen LogP contribution is -2.30. The molecule has 1 aliphatic heterocycles. The van der Waals surface area contributed by atoms with Crippen LogP contribution >= 0.6 is 0 Å². The molecule has 5 heteroatoms. The Kier molecular flexibility index (Phi) is 10.9. The summed E-state index contributed by atoms with van der Waals surface area (Å²) >= 11 is 0. The van der Waals surface area contributed by atoms with Gasteiger partial charge in [0.25, 0.3) is 0 Å². The third kappa shape index (κ3) is 8.02. The molecule has 2 aromatic carbocycles. The van der Waals surface area contributed by atoms with Crippen LogP contribution in [0.15, 0.2) is 53.6 Å². The molecule has 37 heavy (non-hydrogen) atoms. The minimum Gasteiger partial charge on any atom is -0.493 e. The van der Waals surface area contributed by atoms with Crippen molar-refractivity contribution in [1.29, 1.82) is 0 Å².